The highest BCUT2D eigenvalue weighted by molar-refractivity contribution is 5.95. The molecule has 2 aromatic carbocycles. The number of hydrogen-bond acceptors (Lipinski definition) is 7. The number of allylic oxidation sites excluding steroid dienone is 1. The Morgan fingerprint density at radius 2 is 1.63 bits per heavy atom. The lowest BCUT2D eigenvalue weighted by Crippen LogP contribution is -2.04. The molecule has 7 nitrogen and oxygen atoms in total. The van der Waals surface area contributed by atoms with E-state index in [4.69, 9.17) is 4.42 Å². The first-order chi connectivity index (χ1) is 12.7. The standard InChI is InChI=1S/C20H18O7/c1-9(2)3-5-11-13(22)8-15(24)16-17(25)18(26)19(27-20(11)16)10-4-6-12(21)14(23)7-10/h3-9,21-24,26H,1-2H3/b5-3+. The van der Waals surface area contributed by atoms with Gasteiger partial charge in [0.15, 0.2) is 22.8 Å². The van der Waals surface area contributed by atoms with Gasteiger partial charge >= 0.3 is 0 Å². The molecule has 0 aliphatic heterocycles. The van der Waals surface area contributed by atoms with Crippen LogP contribution in [0.5, 0.6) is 28.7 Å². The van der Waals surface area contributed by atoms with Crippen LogP contribution in [-0.2, 0) is 0 Å². The minimum Gasteiger partial charge on any atom is -0.507 e. The van der Waals surface area contributed by atoms with E-state index in [0.717, 1.165) is 12.1 Å². The van der Waals surface area contributed by atoms with Crippen molar-refractivity contribution < 1.29 is 29.9 Å². The van der Waals surface area contributed by atoms with E-state index in [1.54, 1.807) is 12.2 Å². The van der Waals surface area contributed by atoms with Crippen LogP contribution in [0.1, 0.15) is 19.4 Å². The first kappa shape index (κ1) is 18.2. The van der Waals surface area contributed by atoms with Crippen LogP contribution in [0.15, 0.2) is 39.6 Å². The molecule has 3 rings (SSSR count). The Bertz CT molecular complexity index is 1120. The van der Waals surface area contributed by atoms with Crippen molar-refractivity contribution >= 4 is 17.0 Å². The first-order valence-electron chi connectivity index (χ1n) is 8.16. The number of phenols is 4. The van der Waals surface area contributed by atoms with E-state index in [1.807, 2.05) is 13.8 Å². The average molecular weight is 370 g/mol. The second-order valence-corrected chi connectivity index (χ2v) is 6.45. The minimum atomic E-state index is -0.893. The highest BCUT2D eigenvalue weighted by Crippen LogP contribution is 2.40. The van der Waals surface area contributed by atoms with Gasteiger partial charge in [-0.3, -0.25) is 4.79 Å². The molecule has 0 bridgehead atoms. The predicted molar refractivity (Wildman–Crippen MR) is 100 cm³/mol. The second kappa shape index (κ2) is 6.60. The second-order valence-electron chi connectivity index (χ2n) is 6.45. The van der Waals surface area contributed by atoms with Crippen molar-refractivity contribution in [2.24, 2.45) is 5.92 Å². The summed E-state index contributed by atoms with van der Waals surface area (Å²) in [6.07, 6.45) is 3.32. The smallest absolute Gasteiger partial charge is 0.238 e. The fourth-order valence-electron chi connectivity index (χ4n) is 2.65. The number of rotatable bonds is 3. The highest BCUT2D eigenvalue weighted by Gasteiger charge is 2.22. The molecule has 0 radical (unpaired) electrons. The quantitative estimate of drug-likeness (QED) is 0.445. The molecule has 7 heteroatoms. The topological polar surface area (TPSA) is 131 Å². The van der Waals surface area contributed by atoms with E-state index in [0.29, 0.717) is 0 Å². The fraction of sp³-hybridized carbons (Fsp3) is 0.150. The van der Waals surface area contributed by atoms with Crippen LogP contribution < -0.4 is 5.43 Å². The maximum Gasteiger partial charge on any atom is 0.238 e. The van der Waals surface area contributed by atoms with Gasteiger partial charge in [0, 0.05) is 11.6 Å². The van der Waals surface area contributed by atoms with E-state index >= 15 is 0 Å². The van der Waals surface area contributed by atoms with E-state index in [1.165, 1.54) is 12.1 Å². The fourth-order valence-corrected chi connectivity index (χ4v) is 2.65. The van der Waals surface area contributed by atoms with Gasteiger partial charge in [0.25, 0.3) is 0 Å². The van der Waals surface area contributed by atoms with Crippen molar-refractivity contribution in [3.05, 3.63) is 46.1 Å². The largest absolute Gasteiger partial charge is 0.507 e. The van der Waals surface area contributed by atoms with Gasteiger partial charge < -0.3 is 29.9 Å². The van der Waals surface area contributed by atoms with E-state index < -0.39 is 22.7 Å². The van der Waals surface area contributed by atoms with Crippen LogP contribution in [0.25, 0.3) is 28.4 Å². The van der Waals surface area contributed by atoms with Crippen molar-refractivity contribution in [3.63, 3.8) is 0 Å². The van der Waals surface area contributed by atoms with Crippen LogP contribution in [0.2, 0.25) is 0 Å². The van der Waals surface area contributed by atoms with Crippen LogP contribution >= 0.6 is 0 Å². The molecule has 0 aliphatic rings. The Morgan fingerprint density at radius 1 is 0.926 bits per heavy atom. The van der Waals surface area contributed by atoms with Crippen molar-refractivity contribution in [1.29, 1.82) is 0 Å². The van der Waals surface area contributed by atoms with Crippen molar-refractivity contribution in [3.8, 4) is 40.1 Å². The Labute approximate surface area is 153 Å². The number of phenolic OH excluding ortho intramolecular Hbond substituents is 4. The zero-order valence-corrected chi connectivity index (χ0v) is 14.6. The lowest BCUT2D eigenvalue weighted by Gasteiger charge is -2.11. The summed E-state index contributed by atoms with van der Waals surface area (Å²) < 4.78 is 5.67. The van der Waals surface area contributed by atoms with E-state index in [9.17, 15) is 30.3 Å². The maximum absolute atomic E-state index is 12.6. The minimum absolute atomic E-state index is 0.116. The third-order valence-electron chi connectivity index (χ3n) is 4.02. The normalized spacial score (nSPS) is 11.7. The van der Waals surface area contributed by atoms with E-state index in [2.05, 4.69) is 0 Å². The summed E-state index contributed by atoms with van der Waals surface area (Å²) >= 11 is 0. The lowest BCUT2D eigenvalue weighted by molar-refractivity contribution is 0.403. The van der Waals surface area contributed by atoms with Crippen LogP contribution in [0.3, 0.4) is 0 Å². The van der Waals surface area contributed by atoms with Gasteiger partial charge in [0.1, 0.15) is 16.9 Å². The number of aromatic hydroxyl groups is 5. The molecular formula is C20H18O7. The van der Waals surface area contributed by atoms with Crippen LogP contribution in [0.4, 0.5) is 0 Å². The summed E-state index contributed by atoms with van der Waals surface area (Å²) in [4.78, 5) is 12.6. The van der Waals surface area contributed by atoms with Gasteiger partial charge in [-0.15, -0.1) is 0 Å². The zero-order valence-electron chi connectivity index (χ0n) is 14.6. The van der Waals surface area contributed by atoms with Crippen molar-refractivity contribution in [2.45, 2.75) is 13.8 Å². The monoisotopic (exact) mass is 370 g/mol. The summed E-state index contributed by atoms with van der Waals surface area (Å²) in [6.45, 7) is 3.84. The van der Waals surface area contributed by atoms with Gasteiger partial charge in [-0.2, -0.15) is 0 Å². The number of hydrogen-bond donors (Lipinski definition) is 5. The first-order valence-corrected chi connectivity index (χ1v) is 8.16. The summed E-state index contributed by atoms with van der Waals surface area (Å²) in [7, 11) is 0. The Kier molecular flexibility index (Phi) is 4.45. The van der Waals surface area contributed by atoms with Gasteiger partial charge in [-0.25, -0.2) is 0 Å². The molecule has 140 valence electrons. The summed E-state index contributed by atoms with van der Waals surface area (Å²) in [5, 5.41) is 49.4. The molecule has 1 heterocycles. The van der Waals surface area contributed by atoms with Crippen LogP contribution in [-0.4, -0.2) is 25.5 Å². The Hall–Kier alpha value is -3.61. The van der Waals surface area contributed by atoms with Gasteiger partial charge in [0.2, 0.25) is 11.2 Å². The molecular weight excluding hydrogens is 352 g/mol. The SMILES string of the molecule is CC(C)/C=C/c1c(O)cc(O)c2c(=O)c(O)c(-c3ccc(O)c(O)c3)oc12. The summed E-state index contributed by atoms with van der Waals surface area (Å²) in [6, 6.07) is 4.63. The molecule has 0 aliphatic carbocycles. The lowest BCUT2D eigenvalue weighted by atomic mass is 10.0. The highest BCUT2D eigenvalue weighted by atomic mass is 16.4. The predicted octanol–water partition coefficient (Wildman–Crippen LogP) is 3.66. The number of benzene rings is 2. The van der Waals surface area contributed by atoms with Crippen molar-refractivity contribution in [1.82, 2.24) is 0 Å². The van der Waals surface area contributed by atoms with Gasteiger partial charge in [-0.05, 0) is 24.1 Å². The van der Waals surface area contributed by atoms with Gasteiger partial charge in [0.05, 0.1) is 5.56 Å². The Morgan fingerprint density at radius 3 is 2.26 bits per heavy atom. The number of fused-ring (bicyclic) bond motifs is 1. The molecule has 3 aromatic rings. The molecule has 27 heavy (non-hydrogen) atoms. The Balaban J connectivity index is 2.41. The van der Waals surface area contributed by atoms with Crippen LogP contribution in [0, 0.1) is 5.92 Å². The molecule has 0 atom stereocenters. The molecule has 0 amide bonds. The molecule has 5 N–H and O–H groups in total. The molecule has 0 saturated carbocycles. The van der Waals surface area contributed by atoms with Gasteiger partial charge in [-0.1, -0.05) is 26.0 Å². The molecule has 1 aromatic heterocycles. The summed E-state index contributed by atoms with van der Waals surface area (Å²) in [5.41, 5.74) is -0.716. The third kappa shape index (κ3) is 3.15. The molecule has 0 fully saturated rings. The van der Waals surface area contributed by atoms with Crippen molar-refractivity contribution in [2.75, 3.05) is 0 Å². The average Bonchev–Trinajstić information content (AvgIpc) is 2.59. The molecule has 0 unspecified atom stereocenters. The maximum atomic E-state index is 12.6. The van der Waals surface area contributed by atoms with E-state index in [-0.39, 0.29) is 45.3 Å². The molecule has 0 saturated heterocycles. The zero-order chi connectivity index (χ0) is 19.9. The summed E-state index contributed by atoms with van der Waals surface area (Å²) in [5.74, 6) is -2.57. The molecule has 0 spiro atoms. The third-order valence-corrected chi connectivity index (χ3v) is 4.02.